The quantitative estimate of drug-likeness (QED) is 0.350. The minimum atomic E-state index is 0. The third kappa shape index (κ3) is 7.11. The van der Waals surface area contributed by atoms with E-state index in [-0.39, 0.29) is 37.2 Å². The minimum Gasteiger partial charge on any atom is -1.00 e. The summed E-state index contributed by atoms with van der Waals surface area (Å²) in [7, 11) is 0. The van der Waals surface area contributed by atoms with E-state index in [0.29, 0.717) is 5.92 Å². The van der Waals surface area contributed by atoms with Gasteiger partial charge in [-0.2, -0.15) is 0 Å². The molecule has 0 bridgehead atoms. The van der Waals surface area contributed by atoms with E-state index in [1.807, 2.05) is 0 Å². The number of aryl methyl sites for hydroxylation is 4. The average Bonchev–Trinajstić information content (AvgIpc) is 3.02. The second kappa shape index (κ2) is 13.0. The number of hydrogen-bond acceptors (Lipinski definition) is 0. The summed E-state index contributed by atoms with van der Waals surface area (Å²) in [6.07, 6.45) is 4.51. The monoisotopic (exact) mass is 530 g/mol. The number of allylic oxidation sites excluding steroid dienone is 4. The van der Waals surface area contributed by atoms with Crippen LogP contribution in [-0.2, 0) is 26.9 Å². The first kappa shape index (κ1) is 29.8. The van der Waals surface area contributed by atoms with Gasteiger partial charge in [0.1, 0.15) is 0 Å². The van der Waals surface area contributed by atoms with Crippen LogP contribution in [0.15, 0.2) is 87.8 Å². The third-order valence-corrected chi connectivity index (χ3v) is 6.95. The normalized spacial score (nSPS) is 12.6. The van der Waals surface area contributed by atoms with Crippen LogP contribution >= 0.6 is 0 Å². The molecule has 0 fully saturated rings. The van der Waals surface area contributed by atoms with Gasteiger partial charge in [-0.3, -0.25) is 0 Å². The Morgan fingerprint density at radius 2 is 1.15 bits per heavy atom. The Balaban J connectivity index is 0.00000181. The Morgan fingerprint density at radius 3 is 1.61 bits per heavy atom. The first-order valence-corrected chi connectivity index (χ1v) is 11.5. The van der Waals surface area contributed by atoms with E-state index in [0.717, 1.165) is 12.8 Å². The molecule has 0 radical (unpaired) electrons. The van der Waals surface area contributed by atoms with E-state index in [1.165, 1.54) is 48.4 Å². The molecule has 1 aliphatic carbocycles. The van der Waals surface area contributed by atoms with Gasteiger partial charge in [0.05, 0.1) is 0 Å². The predicted molar refractivity (Wildman–Crippen MR) is 124 cm³/mol. The summed E-state index contributed by atoms with van der Waals surface area (Å²) in [5.41, 5.74) is 12.6. The zero-order valence-electron chi connectivity index (χ0n) is 19.6. The molecule has 0 atom stereocenters. The van der Waals surface area contributed by atoms with Crippen LogP contribution in [0.4, 0.5) is 0 Å². The van der Waals surface area contributed by atoms with Gasteiger partial charge in [-0.1, -0.05) is 0 Å². The molecule has 0 aromatic heterocycles. The number of rotatable bonds is 5. The summed E-state index contributed by atoms with van der Waals surface area (Å²) in [5.74, 6) is 0.312. The summed E-state index contributed by atoms with van der Waals surface area (Å²) in [6.45, 7) is 8.85. The molecule has 4 heteroatoms. The van der Waals surface area contributed by atoms with Crippen molar-refractivity contribution in [3.63, 3.8) is 0 Å². The standard InChI is InChI=1S/C29H29.3ClH.Ti/c1-20-12-21(2)15-27(14-20)29(28-16-22(3)13-23(4)17-28)26-11-10-25(19-26)18-24-8-6-5-7-9-24;;;;/h5-10,12-17,29H,11,18H2,1-4H3;3*1H;/q;;;;+3/p-3. The molecule has 0 aliphatic heterocycles. The maximum absolute atomic E-state index is 2.45. The van der Waals surface area contributed by atoms with E-state index < -0.39 is 0 Å². The van der Waals surface area contributed by atoms with Gasteiger partial charge in [-0.25, -0.2) is 0 Å². The third-order valence-electron chi connectivity index (χ3n) is 5.95. The molecular formula is C29H29Cl3Ti. The van der Waals surface area contributed by atoms with Gasteiger partial charge < -0.3 is 37.2 Å². The van der Waals surface area contributed by atoms with Gasteiger partial charge in [-0.05, 0) is 0 Å². The second-order valence-corrected chi connectivity index (χ2v) is 9.55. The molecule has 0 saturated heterocycles. The molecule has 3 aromatic carbocycles. The van der Waals surface area contributed by atoms with Crippen LogP contribution in [0, 0.1) is 27.7 Å². The van der Waals surface area contributed by atoms with Crippen molar-refractivity contribution in [3.8, 4) is 0 Å². The molecule has 0 nitrogen and oxygen atoms in total. The zero-order valence-corrected chi connectivity index (χ0v) is 23.4. The predicted octanol–water partition coefficient (Wildman–Crippen LogP) is -1.56. The Kier molecular flexibility index (Phi) is 11.7. The molecule has 0 spiro atoms. The van der Waals surface area contributed by atoms with Gasteiger partial charge >= 0.3 is 194 Å². The number of benzene rings is 3. The van der Waals surface area contributed by atoms with Crippen molar-refractivity contribution >= 4 is 0 Å². The van der Waals surface area contributed by atoms with Crippen molar-refractivity contribution in [3.05, 3.63) is 127 Å². The van der Waals surface area contributed by atoms with E-state index >= 15 is 0 Å². The Bertz CT molecular complexity index is 1050. The van der Waals surface area contributed by atoms with Crippen LogP contribution in [0.25, 0.3) is 0 Å². The van der Waals surface area contributed by atoms with Crippen LogP contribution in [0.1, 0.15) is 51.3 Å². The fourth-order valence-corrected chi connectivity index (χ4v) is 5.51. The first-order chi connectivity index (χ1) is 14.4. The van der Waals surface area contributed by atoms with Crippen LogP contribution in [0.5, 0.6) is 0 Å². The molecule has 0 saturated carbocycles. The van der Waals surface area contributed by atoms with Crippen molar-refractivity contribution in [1.82, 2.24) is 0 Å². The van der Waals surface area contributed by atoms with Crippen molar-refractivity contribution in [2.75, 3.05) is 0 Å². The van der Waals surface area contributed by atoms with Gasteiger partial charge in [0.2, 0.25) is 0 Å². The summed E-state index contributed by atoms with van der Waals surface area (Å²) in [5, 5.41) is 0. The van der Waals surface area contributed by atoms with Crippen LogP contribution in [0.3, 0.4) is 0 Å². The number of halogens is 3. The summed E-state index contributed by atoms with van der Waals surface area (Å²) in [4.78, 5) is 0. The Labute approximate surface area is 229 Å². The molecule has 0 unspecified atom stereocenters. The van der Waals surface area contributed by atoms with Gasteiger partial charge in [-0.15, -0.1) is 0 Å². The summed E-state index contributed by atoms with van der Waals surface area (Å²) >= 11 is 2.33. The Morgan fingerprint density at radius 1 is 0.697 bits per heavy atom. The van der Waals surface area contributed by atoms with Gasteiger partial charge in [0, 0.05) is 0 Å². The summed E-state index contributed by atoms with van der Waals surface area (Å²) < 4.78 is 1.47. The average molecular weight is 532 g/mol. The smallest absolute Gasteiger partial charge is 1.00 e. The van der Waals surface area contributed by atoms with Crippen LogP contribution in [-0.4, -0.2) is 0 Å². The maximum atomic E-state index is 2.45. The number of hydrogen-bond donors (Lipinski definition) is 0. The zero-order chi connectivity index (χ0) is 21.3. The van der Waals surface area contributed by atoms with Crippen LogP contribution in [0.2, 0.25) is 0 Å². The topological polar surface area (TPSA) is 0 Å². The first-order valence-electron chi connectivity index (χ1n) is 10.7. The molecule has 1 aliphatic rings. The fourth-order valence-electron chi connectivity index (χ4n) is 4.83. The second-order valence-electron chi connectivity index (χ2n) is 8.77. The molecule has 33 heavy (non-hydrogen) atoms. The minimum absolute atomic E-state index is 0. The van der Waals surface area contributed by atoms with E-state index in [2.05, 4.69) is 121 Å². The molecule has 4 rings (SSSR count). The van der Waals surface area contributed by atoms with Crippen LogP contribution < -0.4 is 37.2 Å². The van der Waals surface area contributed by atoms with E-state index in [4.69, 9.17) is 0 Å². The SMILES string of the molecule is Cc1cc(C)cc(C(C2=[C]([Ti+3])C(Cc3ccccc3)=CC2)c2cc(C)cc(C)c2)c1.[Cl-].[Cl-].[Cl-]. The van der Waals surface area contributed by atoms with Crippen molar-refractivity contribution in [2.24, 2.45) is 0 Å². The molecule has 0 heterocycles. The molecule has 170 valence electrons. The van der Waals surface area contributed by atoms with Crippen molar-refractivity contribution in [1.29, 1.82) is 0 Å². The maximum Gasteiger partial charge on any atom is -1.00 e. The van der Waals surface area contributed by atoms with Gasteiger partial charge in [0.25, 0.3) is 0 Å². The van der Waals surface area contributed by atoms with Gasteiger partial charge in [0.15, 0.2) is 0 Å². The molecular weight excluding hydrogens is 503 g/mol. The molecule has 0 amide bonds. The van der Waals surface area contributed by atoms with Crippen molar-refractivity contribution < 1.29 is 57.7 Å². The molecule has 0 N–H and O–H groups in total. The van der Waals surface area contributed by atoms with E-state index in [9.17, 15) is 0 Å². The fraction of sp³-hybridized carbons (Fsp3) is 0.241. The Hall–Kier alpha value is -1.28. The summed E-state index contributed by atoms with van der Waals surface area (Å²) in [6, 6.07) is 24.9. The van der Waals surface area contributed by atoms with Crippen molar-refractivity contribution in [2.45, 2.75) is 46.5 Å². The van der Waals surface area contributed by atoms with E-state index in [1.54, 1.807) is 5.57 Å². The molecule has 3 aromatic rings. The largest absolute Gasteiger partial charge is 1.00 e.